The molecule has 0 amide bonds. The maximum Gasteiger partial charge on any atom is 0.243 e. The molecule has 1 aromatic carbocycles. The maximum absolute atomic E-state index is 12.9. The van der Waals surface area contributed by atoms with Crippen molar-refractivity contribution in [1.29, 1.82) is 0 Å². The second kappa shape index (κ2) is 7.41. The van der Waals surface area contributed by atoms with Gasteiger partial charge >= 0.3 is 0 Å². The van der Waals surface area contributed by atoms with Gasteiger partial charge in [-0.2, -0.15) is 4.31 Å². The molecule has 2 fully saturated rings. The number of piperidine rings is 1. The van der Waals surface area contributed by atoms with Gasteiger partial charge in [0.2, 0.25) is 10.0 Å². The molecule has 2 saturated heterocycles. The second-order valence-corrected chi connectivity index (χ2v) is 9.51. The number of nitrogens with zero attached hydrogens (tertiary/aromatic N) is 2. The summed E-state index contributed by atoms with van der Waals surface area (Å²) in [6, 6.07) is 5.70. The molecule has 0 radical (unpaired) electrons. The van der Waals surface area contributed by atoms with E-state index in [4.69, 9.17) is 4.74 Å². The Balaban J connectivity index is 1.66. The summed E-state index contributed by atoms with van der Waals surface area (Å²) < 4.78 is 33.9. The van der Waals surface area contributed by atoms with Crippen LogP contribution in [0.25, 0.3) is 0 Å². The molecule has 0 bridgehead atoms. The topological polar surface area (TPSA) is 49.9 Å². The first-order valence-electron chi connectivity index (χ1n) is 8.50. The van der Waals surface area contributed by atoms with Gasteiger partial charge in [-0.3, -0.25) is 4.90 Å². The summed E-state index contributed by atoms with van der Waals surface area (Å²) in [6.45, 7) is 7.87. The van der Waals surface area contributed by atoms with Gasteiger partial charge in [0, 0.05) is 36.7 Å². The fourth-order valence-corrected chi connectivity index (χ4v) is 5.35. The summed E-state index contributed by atoms with van der Waals surface area (Å²) >= 11 is 3.42. The minimum Gasteiger partial charge on any atom is -0.376 e. The van der Waals surface area contributed by atoms with Crippen molar-refractivity contribution < 1.29 is 13.2 Å². The van der Waals surface area contributed by atoms with Crippen molar-refractivity contribution >= 4 is 26.0 Å². The molecule has 5 nitrogen and oxygen atoms in total. The lowest BCUT2D eigenvalue weighted by molar-refractivity contribution is -0.0406. The monoisotopic (exact) mass is 416 g/mol. The van der Waals surface area contributed by atoms with Gasteiger partial charge in [0.05, 0.1) is 17.6 Å². The molecule has 7 heteroatoms. The molecule has 1 aromatic rings. The van der Waals surface area contributed by atoms with Gasteiger partial charge in [0.1, 0.15) is 0 Å². The molecule has 0 aromatic heterocycles. The standard InChI is InChI=1S/C17H25BrN2O3S/c1-13-11-16(3-4-17(13)18)24(21,22)20-7-5-15(6-8-20)19-9-10-23-14(2)12-19/h3-4,11,14-15H,5-10,12H2,1-2H3. The van der Waals surface area contributed by atoms with E-state index in [1.807, 2.05) is 13.0 Å². The van der Waals surface area contributed by atoms with Gasteiger partial charge in [-0.1, -0.05) is 15.9 Å². The highest BCUT2D eigenvalue weighted by molar-refractivity contribution is 9.10. The Morgan fingerprint density at radius 2 is 1.92 bits per heavy atom. The minimum absolute atomic E-state index is 0.270. The summed E-state index contributed by atoms with van der Waals surface area (Å²) in [5.41, 5.74) is 0.938. The van der Waals surface area contributed by atoms with Crippen LogP contribution in [-0.2, 0) is 14.8 Å². The highest BCUT2D eigenvalue weighted by Gasteiger charge is 2.33. The van der Waals surface area contributed by atoms with Crippen LogP contribution in [0.15, 0.2) is 27.6 Å². The summed E-state index contributed by atoms with van der Waals surface area (Å²) in [4.78, 5) is 2.85. The summed E-state index contributed by atoms with van der Waals surface area (Å²) in [5.74, 6) is 0. The van der Waals surface area contributed by atoms with Crippen LogP contribution in [0.5, 0.6) is 0 Å². The van der Waals surface area contributed by atoms with Crippen LogP contribution in [0.4, 0.5) is 0 Å². The lowest BCUT2D eigenvalue weighted by Gasteiger charge is -2.41. The van der Waals surface area contributed by atoms with E-state index in [1.165, 1.54) is 0 Å². The third kappa shape index (κ3) is 3.85. The Morgan fingerprint density at radius 3 is 2.54 bits per heavy atom. The smallest absolute Gasteiger partial charge is 0.243 e. The second-order valence-electron chi connectivity index (χ2n) is 6.72. The van der Waals surface area contributed by atoms with Crippen LogP contribution in [0.3, 0.4) is 0 Å². The molecule has 0 aliphatic carbocycles. The molecule has 1 atom stereocenters. The van der Waals surface area contributed by atoms with Crippen LogP contribution in [0, 0.1) is 6.92 Å². The quantitative estimate of drug-likeness (QED) is 0.759. The average Bonchev–Trinajstić information content (AvgIpc) is 2.57. The van der Waals surface area contributed by atoms with E-state index in [0.717, 1.165) is 42.6 Å². The van der Waals surface area contributed by atoms with Crippen molar-refractivity contribution in [1.82, 2.24) is 9.21 Å². The number of ether oxygens (including phenoxy) is 1. The number of benzene rings is 1. The van der Waals surface area contributed by atoms with Crippen molar-refractivity contribution in [2.75, 3.05) is 32.8 Å². The Bertz CT molecular complexity index is 687. The minimum atomic E-state index is -3.40. The van der Waals surface area contributed by atoms with E-state index in [1.54, 1.807) is 16.4 Å². The van der Waals surface area contributed by atoms with E-state index in [2.05, 4.69) is 27.8 Å². The summed E-state index contributed by atoms with van der Waals surface area (Å²) in [6.07, 6.45) is 2.05. The van der Waals surface area contributed by atoms with Gasteiger partial charge < -0.3 is 4.74 Å². The predicted molar refractivity (Wildman–Crippen MR) is 97.6 cm³/mol. The van der Waals surface area contributed by atoms with E-state index in [9.17, 15) is 8.42 Å². The first kappa shape index (κ1) is 18.3. The summed E-state index contributed by atoms with van der Waals surface area (Å²) in [5, 5.41) is 0. The molecule has 2 aliphatic rings. The number of halogens is 1. The normalized spacial score (nSPS) is 25.0. The number of aryl methyl sites for hydroxylation is 1. The zero-order valence-corrected chi connectivity index (χ0v) is 16.6. The van der Waals surface area contributed by atoms with Crippen molar-refractivity contribution in [3.63, 3.8) is 0 Å². The highest BCUT2D eigenvalue weighted by Crippen LogP contribution is 2.26. The van der Waals surface area contributed by atoms with E-state index in [0.29, 0.717) is 24.0 Å². The van der Waals surface area contributed by atoms with Gasteiger partial charge in [-0.15, -0.1) is 0 Å². The molecule has 0 saturated carbocycles. The third-order valence-electron chi connectivity index (χ3n) is 4.98. The van der Waals surface area contributed by atoms with Gasteiger partial charge in [0.15, 0.2) is 0 Å². The number of hydrogen-bond donors (Lipinski definition) is 0. The largest absolute Gasteiger partial charge is 0.376 e. The highest BCUT2D eigenvalue weighted by atomic mass is 79.9. The first-order chi connectivity index (χ1) is 11.4. The third-order valence-corrected chi connectivity index (χ3v) is 7.76. The Labute approximate surface area is 153 Å². The molecule has 0 spiro atoms. The number of morpholine rings is 1. The Morgan fingerprint density at radius 1 is 1.21 bits per heavy atom. The fraction of sp³-hybridized carbons (Fsp3) is 0.647. The first-order valence-corrected chi connectivity index (χ1v) is 10.7. The van der Waals surface area contributed by atoms with Crippen LogP contribution >= 0.6 is 15.9 Å². The van der Waals surface area contributed by atoms with Crippen LogP contribution in [0.1, 0.15) is 25.3 Å². The average molecular weight is 417 g/mol. The number of hydrogen-bond acceptors (Lipinski definition) is 4. The zero-order valence-electron chi connectivity index (χ0n) is 14.2. The molecule has 1 unspecified atom stereocenters. The number of rotatable bonds is 3. The van der Waals surface area contributed by atoms with Gasteiger partial charge in [-0.25, -0.2) is 8.42 Å². The summed E-state index contributed by atoms with van der Waals surface area (Å²) in [7, 11) is -3.40. The molecule has 2 aliphatic heterocycles. The van der Waals surface area contributed by atoms with Gasteiger partial charge in [-0.05, 0) is 50.5 Å². The Hall–Kier alpha value is -0.470. The van der Waals surface area contributed by atoms with Crippen molar-refractivity contribution in [2.45, 2.75) is 43.7 Å². The predicted octanol–water partition coefficient (Wildman–Crippen LogP) is 2.63. The number of sulfonamides is 1. The van der Waals surface area contributed by atoms with E-state index < -0.39 is 10.0 Å². The van der Waals surface area contributed by atoms with Crippen LogP contribution < -0.4 is 0 Å². The van der Waals surface area contributed by atoms with Crippen LogP contribution in [-0.4, -0.2) is 62.6 Å². The molecule has 24 heavy (non-hydrogen) atoms. The maximum atomic E-state index is 12.9. The zero-order chi connectivity index (χ0) is 17.3. The van der Waals surface area contributed by atoms with Gasteiger partial charge in [0.25, 0.3) is 0 Å². The van der Waals surface area contributed by atoms with E-state index in [-0.39, 0.29) is 6.10 Å². The Kier molecular flexibility index (Phi) is 5.66. The molecule has 0 N–H and O–H groups in total. The lowest BCUT2D eigenvalue weighted by atomic mass is 10.0. The van der Waals surface area contributed by atoms with Crippen molar-refractivity contribution in [2.24, 2.45) is 0 Å². The molecular weight excluding hydrogens is 392 g/mol. The van der Waals surface area contributed by atoms with Crippen molar-refractivity contribution in [3.05, 3.63) is 28.2 Å². The molecule has 3 rings (SSSR count). The van der Waals surface area contributed by atoms with E-state index >= 15 is 0 Å². The van der Waals surface area contributed by atoms with Crippen LogP contribution in [0.2, 0.25) is 0 Å². The molecule has 134 valence electrons. The molecular formula is C17H25BrN2O3S. The van der Waals surface area contributed by atoms with Crippen molar-refractivity contribution in [3.8, 4) is 0 Å². The molecule has 2 heterocycles. The SMILES string of the molecule is Cc1cc(S(=O)(=O)N2CCC(N3CCOC(C)C3)CC2)ccc1Br. The fourth-order valence-electron chi connectivity index (χ4n) is 3.55. The lowest BCUT2D eigenvalue weighted by Crippen LogP contribution is -2.51.